The fourth-order valence-corrected chi connectivity index (χ4v) is 1.06. The first-order chi connectivity index (χ1) is 6.76. The van der Waals surface area contributed by atoms with Gasteiger partial charge in [-0.3, -0.25) is 0 Å². The Morgan fingerprint density at radius 1 is 1.29 bits per heavy atom. The molecule has 0 aromatic heterocycles. The van der Waals surface area contributed by atoms with Crippen molar-refractivity contribution in [3.05, 3.63) is 35.1 Å². The standard InChI is InChI=1S/C11H8FNS/c12-11-6-9(3-1-2-4-14)5-10(7-11)8-13/h5-7,14H,2,4H2. The molecular weight excluding hydrogens is 197 g/mol. The van der Waals surface area contributed by atoms with Crippen molar-refractivity contribution < 1.29 is 4.39 Å². The third-order valence-electron chi connectivity index (χ3n) is 1.50. The minimum Gasteiger partial charge on any atom is -0.207 e. The summed E-state index contributed by atoms with van der Waals surface area (Å²) >= 11 is 4.00. The van der Waals surface area contributed by atoms with Gasteiger partial charge in [-0.15, -0.1) is 0 Å². The van der Waals surface area contributed by atoms with Crippen molar-refractivity contribution in [1.82, 2.24) is 0 Å². The van der Waals surface area contributed by atoms with E-state index in [0.29, 0.717) is 23.3 Å². The van der Waals surface area contributed by atoms with Crippen LogP contribution >= 0.6 is 12.6 Å². The predicted octanol–water partition coefficient (Wildman–Crippen LogP) is 2.37. The first-order valence-corrected chi connectivity index (χ1v) is 4.70. The van der Waals surface area contributed by atoms with E-state index in [2.05, 4.69) is 24.5 Å². The molecule has 0 N–H and O–H groups in total. The highest BCUT2D eigenvalue weighted by Gasteiger charge is 1.97. The first-order valence-electron chi connectivity index (χ1n) is 4.06. The molecule has 0 bridgehead atoms. The van der Waals surface area contributed by atoms with Crippen molar-refractivity contribution in [3.8, 4) is 17.9 Å². The summed E-state index contributed by atoms with van der Waals surface area (Å²) in [6.07, 6.45) is 0.654. The van der Waals surface area contributed by atoms with Crippen LogP contribution in [-0.4, -0.2) is 5.75 Å². The Morgan fingerprint density at radius 3 is 2.64 bits per heavy atom. The Hall–Kier alpha value is -1.45. The zero-order chi connectivity index (χ0) is 10.4. The van der Waals surface area contributed by atoms with Crippen LogP contribution in [0.3, 0.4) is 0 Å². The van der Waals surface area contributed by atoms with Crippen molar-refractivity contribution in [3.63, 3.8) is 0 Å². The molecule has 0 heterocycles. The normalized spacial score (nSPS) is 8.64. The molecule has 70 valence electrons. The number of hydrogen-bond donors (Lipinski definition) is 1. The van der Waals surface area contributed by atoms with E-state index in [0.717, 1.165) is 0 Å². The summed E-state index contributed by atoms with van der Waals surface area (Å²) in [7, 11) is 0. The van der Waals surface area contributed by atoms with Gasteiger partial charge in [-0.2, -0.15) is 17.9 Å². The maximum Gasteiger partial charge on any atom is 0.125 e. The molecule has 1 aromatic rings. The highest BCUT2D eigenvalue weighted by atomic mass is 32.1. The molecule has 3 heteroatoms. The van der Waals surface area contributed by atoms with Crippen molar-refractivity contribution >= 4 is 12.6 Å². The molecule has 0 amide bonds. The number of nitriles is 1. The largest absolute Gasteiger partial charge is 0.207 e. The monoisotopic (exact) mass is 205 g/mol. The second-order valence-electron chi connectivity index (χ2n) is 2.62. The lowest BCUT2D eigenvalue weighted by atomic mass is 10.1. The number of halogens is 1. The molecule has 1 nitrogen and oxygen atoms in total. The van der Waals surface area contributed by atoms with E-state index in [1.54, 1.807) is 6.07 Å². The zero-order valence-corrected chi connectivity index (χ0v) is 8.31. The van der Waals surface area contributed by atoms with E-state index < -0.39 is 5.82 Å². The summed E-state index contributed by atoms with van der Waals surface area (Å²) in [5, 5.41) is 8.58. The molecule has 0 aliphatic carbocycles. The summed E-state index contributed by atoms with van der Waals surface area (Å²) in [5.74, 6) is 5.84. The van der Waals surface area contributed by atoms with E-state index in [-0.39, 0.29) is 0 Å². The summed E-state index contributed by atoms with van der Waals surface area (Å²) in [6.45, 7) is 0. The summed E-state index contributed by atoms with van der Waals surface area (Å²) < 4.78 is 12.9. The number of nitrogens with zero attached hydrogens (tertiary/aromatic N) is 1. The van der Waals surface area contributed by atoms with Crippen LogP contribution in [0.4, 0.5) is 4.39 Å². The van der Waals surface area contributed by atoms with Crippen LogP contribution in [0.15, 0.2) is 18.2 Å². The molecule has 1 rings (SSSR count). The van der Waals surface area contributed by atoms with Gasteiger partial charge < -0.3 is 0 Å². The Labute approximate surface area is 88.0 Å². The summed E-state index contributed by atoms with van der Waals surface area (Å²) in [6, 6.07) is 5.94. The molecule has 0 fully saturated rings. The smallest absolute Gasteiger partial charge is 0.125 e. The summed E-state index contributed by atoms with van der Waals surface area (Å²) in [5.41, 5.74) is 0.823. The lowest BCUT2D eigenvalue weighted by Gasteiger charge is -1.92. The van der Waals surface area contributed by atoms with Crippen LogP contribution in [0.1, 0.15) is 17.5 Å². The average Bonchev–Trinajstić information content (AvgIpc) is 2.17. The van der Waals surface area contributed by atoms with Gasteiger partial charge in [0.1, 0.15) is 5.82 Å². The van der Waals surface area contributed by atoms with Gasteiger partial charge in [0, 0.05) is 17.7 Å². The maximum absolute atomic E-state index is 12.9. The molecule has 0 aliphatic heterocycles. The molecule has 0 saturated heterocycles. The molecule has 14 heavy (non-hydrogen) atoms. The Bertz CT molecular complexity index is 423. The van der Waals surface area contributed by atoms with Gasteiger partial charge in [0.25, 0.3) is 0 Å². The molecule has 0 aliphatic rings. The van der Waals surface area contributed by atoms with Gasteiger partial charge in [-0.1, -0.05) is 11.8 Å². The van der Waals surface area contributed by atoms with Crippen LogP contribution in [0.2, 0.25) is 0 Å². The highest BCUT2D eigenvalue weighted by Crippen LogP contribution is 2.07. The average molecular weight is 205 g/mol. The molecule has 0 atom stereocenters. The topological polar surface area (TPSA) is 23.8 Å². The van der Waals surface area contributed by atoms with Crippen LogP contribution in [0.5, 0.6) is 0 Å². The fraction of sp³-hybridized carbons (Fsp3) is 0.182. The zero-order valence-electron chi connectivity index (χ0n) is 7.42. The van der Waals surface area contributed by atoms with Crippen LogP contribution in [0.25, 0.3) is 0 Å². The minimum absolute atomic E-state index is 0.292. The highest BCUT2D eigenvalue weighted by molar-refractivity contribution is 7.80. The van der Waals surface area contributed by atoms with Crippen molar-refractivity contribution in [2.75, 3.05) is 5.75 Å². The van der Waals surface area contributed by atoms with Crippen LogP contribution in [-0.2, 0) is 0 Å². The molecule has 0 radical (unpaired) electrons. The second kappa shape index (κ2) is 5.32. The third kappa shape index (κ3) is 3.12. The SMILES string of the molecule is N#Cc1cc(F)cc(C#CCCS)c1. The van der Waals surface area contributed by atoms with Crippen molar-refractivity contribution in [2.45, 2.75) is 6.42 Å². The Morgan fingerprint density at radius 2 is 2.00 bits per heavy atom. The quantitative estimate of drug-likeness (QED) is 0.552. The molecule has 1 aromatic carbocycles. The van der Waals surface area contributed by atoms with E-state index in [1.165, 1.54) is 12.1 Å². The number of rotatable bonds is 1. The number of hydrogen-bond acceptors (Lipinski definition) is 2. The predicted molar refractivity (Wildman–Crippen MR) is 56.5 cm³/mol. The molecule has 0 saturated carbocycles. The Kier molecular flexibility index (Phi) is 4.04. The van der Waals surface area contributed by atoms with Crippen molar-refractivity contribution in [1.29, 1.82) is 5.26 Å². The van der Waals surface area contributed by atoms with Gasteiger partial charge in [-0.25, -0.2) is 4.39 Å². The number of benzene rings is 1. The first kappa shape index (κ1) is 10.6. The van der Waals surface area contributed by atoms with E-state index >= 15 is 0 Å². The van der Waals surface area contributed by atoms with Gasteiger partial charge in [0.05, 0.1) is 11.6 Å². The minimum atomic E-state index is -0.431. The fourth-order valence-electron chi connectivity index (χ4n) is 0.947. The van der Waals surface area contributed by atoms with Crippen molar-refractivity contribution in [2.24, 2.45) is 0 Å². The van der Waals surface area contributed by atoms with Gasteiger partial charge in [0.15, 0.2) is 0 Å². The molecular formula is C11H8FNS. The van der Waals surface area contributed by atoms with Gasteiger partial charge in [-0.05, 0) is 18.2 Å². The third-order valence-corrected chi connectivity index (χ3v) is 1.72. The van der Waals surface area contributed by atoms with Gasteiger partial charge in [0.2, 0.25) is 0 Å². The Balaban J connectivity index is 2.95. The lowest BCUT2D eigenvalue weighted by molar-refractivity contribution is 0.627. The van der Waals surface area contributed by atoms with Crippen LogP contribution < -0.4 is 0 Å². The van der Waals surface area contributed by atoms with E-state index in [9.17, 15) is 4.39 Å². The van der Waals surface area contributed by atoms with Crippen LogP contribution in [0, 0.1) is 29.0 Å². The van der Waals surface area contributed by atoms with E-state index in [4.69, 9.17) is 5.26 Å². The molecule has 0 unspecified atom stereocenters. The maximum atomic E-state index is 12.9. The number of thiol groups is 1. The van der Waals surface area contributed by atoms with E-state index in [1.807, 2.05) is 6.07 Å². The summed E-state index contributed by atoms with van der Waals surface area (Å²) in [4.78, 5) is 0. The second-order valence-corrected chi connectivity index (χ2v) is 3.06. The molecule has 0 spiro atoms. The lowest BCUT2D eigenvalue weighted by Crippen LogP contribution is -1.83. The van der Waals surface area contributed by atoms with Gasteiger partial charge >= 0.3 is 0 Å².